The summed E-state index contributed by atoms with van der Waals surface area (Å²) in [7, 11) is 0. The highest BCUT2D eigenvalue weighted by atomic mass is 16.2. The summed E-state index contributed by atoms with van der Waals surface area (Å²) in [5, 5.41) is 5.18. The van der Waals surface area contributed by atoms with Gasteiger partial charge in [0.05, 0.1) is 6.54 Å². The van der Waals surface area contributed by atoms with Gasteiger partial charge in [-0.15, -0.1) is 0 Å². The highest BCUT2D eigenvalue weighted by Crippen LogP contribution is 2.16. The maximum atomic E-state index is 11.3. The van der Waals surface area contributed by atoms with Crippen LogP contribution in [0.4, 0.5) is 4.79 Å². The van der Waals surface area contributed by atoms with E-state index in [9.17, 15) is 9.59 Å². The third-order valence-corrected chi connectivity index (χ3v) is 2.64. The molecule has 0 aromatic rings. The molecule has 4 N–H and O–H groups in total. The van der Waals surface area contributed by atoms with E-state index in [4.69, 9.17) is 5.73 Å². The molecule has 0 radical (unpaired) electrons. The van der Waals surface area contributed by atoms with Crippen LogP contribution in [0.15, 0.2) is 0 Å². The number of urea groups is 1. The quantitative estimate of drug-likeness (QED) is 0.596. The van der Waals surface area contributed by atoms with Gasteiger partial charge >= 0.3 is 6.03 Å². The van der Waals surface area contributed by atoms with Gasteiger partial charge in [-0.2, -0.15) is 0 Å². The number of nitrogens with two attached hydrogens (primary N) is 1. The monoisotopic (exact) mass is 213 g/mol. The van der Waals surface area contributed by atoms with Crippen molar-refractivity contribution in [2.75, 3.05) is 6.54 Å². The summed E-state index contributed by atoms with van der Waals surface area (Å²) >= 11 is 0. The number of primary amides is 1. The molecular formula is C10H19N3O2. The first kappa shape index (κ1) is 11.8. The molecule has 0 aliphatic heterocycles. The van der Waals surface area contributed by atoms with Crippen molar-refractivity contribution in [3.8, 4) is 0 Å². The zero-order chi connectivity index (χ0) is 11.1. The molecule has 15 heavy (non-hydrogen) atoms. The van der Waals surface area contributed by atoms with Crippen LogP contribution in [0.2, 0.25) is 0 Å². The lowest BCUT2D eigenvalue weighted by Gasteiger charge is -2.15. The van der Waals surface area contributed by atoms with Crippen molar-refractivity contribution in [2.24, 2.45) is 5.73 Å². The molecule has 0 aromatic carbocycles. The largest absolute Gasteiger partial charge is 0.352 e. The molecule has 0 atom stereocenters. The molecule has 1 saturated carbocycles. The van der Waals surface area contributed by atoms with Crippen molar-refractivity contribution < 1.29 is 9.59 Å². The molecule has 0 saturated heterocycles. The van der Waals surface area contributed by atoms with Gasteiger partial charge in [-0.05, 0) is 12.8 Å². The van der Waals surface area contributed by atoms with Gasteiger partial charge in [0.15, 0.2) is 0 Å². The fourth-order valence-corrected chi connectivity index (χ4v) is 1.87. The molecule has 3 amide bonds. The first-order valence-electron chi connectivity index (χ1n) is 5.51. The Kier molecular flexibility index (Phi) is 4.93. The number of rotatable bonds is 3. The lowest BCUT2D eigenvalue weighted by Crippen LogP contribution is -2.43. The number of carbonyl (C=O) groups excluding carboxylic acids is 2. The van der Waals surface area contributed by atoms with Gasteiger partial charge in [-0.25, -0.2) is 4.79 Å². The summed E-state index contributed by atoms with van der Waals surface area (Å²) in [6.45, 7) is -0.0220. The molecule has 1 aliphatic rings. The Balaban J connectivity index is 2.20. The summed E-state index contributed by atoms with van der Waals surface area (Å²) in [5.41, 5.74) is 4.87. The second-order valence-corrected chi connectivity index (χ2v) is 3.97. The van der Waals surface area contributed by atoms with Crippen molar-refractivity contribution in [2.45, 2.75) is 44.6 Å². The zero-order valence-electron chi connectivity index (χ0n) is 8.92. The Bertz CT molecular complexity index is 223. The van der Waals surface area contributed by atoms with Crippen LogP contribution in [-0.4, -0.2) is 24.5 Å². The minimum atomic E-state index is -0.661. The van der Waals surface area contributed by atoms with E-state index in [1.807, 2.05) is 0 Å². The second-order valence-electron chi connectivity index (χ2n) is 3.97. The molecule has 5 heteroatoms. The van der Waals surface area contributed by atoms with E-state index in [1.165, 1.54) is 25.7 Å². The highest BCUT2D eigenvalue weighted by Gasteiger charge is 2.14. The lowest BCUT2D eigenvalue weighted by molar-refractivity contribution is -0.120. The fraction of sp³-hybridized carbons (Fsp3) is 0.800. The van der Waals surface area contributed by atoms with Crippen LogP contribution in [0.3, 0.4) is 0 Å². The number of carbonyl (C=O) groups is 2. The topological polar surface area (TPSA) is 84.2 Å². The summed E-state index contributed by atoms with van der Waals surface area (Å²) < 4.78 is 0. The Hall–Kier alpha value is -1.26. The minimum Gasteiger partial charge on any atom is -0.352 e. The van der Waals surface area contributed by atoms with Crippen LogP contribution < -0.4 is 16.4 Å². The van der Waals surface area contributed by atoms with Gasteiger partial charge in [0.1, 0.15) is 0 Å². The first-order valence-corrected chi connectivity index (χ1v) is 5.51. The van der Waals surface area contributed by atoms with E-state index in [0.29, 0.717) is 0 Å². The number of amides is 3. The normalized spacial score (nSPS) is 17.9. The molecular weight excluding hydrogens is 194 g/mol. The van der Waals surface area contributed by atoms with Crippen molar-refractivity contribution in [1.29, 1.82) is 0 Å². The smallest absolute Gasteiger partial charge is 0.312 e. The average molecular weight is 213 g/mol. The van der Waals surface area contributed by atoms with E-state index in [2.05, 4.69) is 10.6 Å². The van der Waals surface area contributed by atoms with Crippen LogP contribution in [-0.2, 0) is 4.79 Å². The van der Waals surface area contributed by atoms with Crippen molar-refractivity contribution in [3.05, 3.63) is 0 Å². The Morgan fingerprint density at radius 2 is 1.73 bits per heavy atom. The average Bonchev–Trinajstić information content (AvgIpc) is 2.43. The van der Waals surface area contributed by atoms with Gasteiger partial charge < -0.3 is 16.4 Å². The first-order chi connectivity index (χ1) is 7.18. The summed E-state index contributed by atoms with van der Waals surface area (Å²) in [5.74, 6) is -0.152. The van der Waals surface area contributed by atoms with Crippen molar-refractivity contribution in [1.82, 2.24) is 10.6 Å². The van der Waals surface area contributed by atoms with Gasteiger partial charge in [0.2, 0.25) is 5.91 Å². The minimum absolute atomic E-state index is 0.0220. The maximum Gasteiger partial charge on any atom is 0.312 e. The second kappa shape index (κ2) is 6.27. The third-order valence-electron chi connectivity index (χ3n) is 2.64. The van der Waals surface area contributed by atoms with E-state index < -0.39 is 6.03 Å². The van der Waals surface area contributed by atoms with E-state index in [0.717, 1.165) is 12.8 Å². The van der Waals surface area contributed by atoms with Crippen LogP contribution >= 0.6 is 0 Å². The van der Waals surface area contributed by atoms with Gasteiger partial charge in [-0.3, -0.25) is 4.79 Å². The van der Waals surface area contributed by atoms with E-state index >= 15 is 0 Å². The lowest BCUT2D eigenvalue weighted by atomic mass is 10.1. The van der Waals surface area contributed by atoms with Crippen LogP contribution in [0.5, 0.6) is 0 Å². The summed E-state index contributed by atoms with van der Waals surface area (Å²) in [4.78, 5) is 21.7. The summed E-state index contributed by atoms with van der Waals surface area (Å²) in [6.07, 6.45) is 6.95. The van der Waals surface area contributed by atoms with Gasteiger partial charge in [-0.1, -0.05) is 25.7 Å². The van der Waals surface area contributed by atoms with Crippen LogP contribution in [0.25, 0.3) is 0 Å². The Morgan fingerprint density at radius 1 is 1.13 bits per heavy atom. The molecule has 0 bridgehead atoms. The predicted molar refractivity (Wildman–Crippen MR) is 57.2 cm³/mol. The molecule has 0 aromatic heterocycles. The van der Waals surface area contributed by atoms with Crippen LogP contribution in [0.1, 0.15) is 38.5 Å². The Morgan fingerprint density at radius 3 is 2.27 bits per heavy atom. The molecule has 1 rings (SSSR count). The zero-order valence-corrected chi connectivity index (χ0v) is 8.92. The fourth-order valence-electron chi connectivity index (χ4n) is 1.87. The molecule has 1 fully saturated rings. The van der Waals surface area contributed by atoms with Crippen LogP contribution in [0, 0.1) is 0 Å². The molecule has 0 unspecified atom stereocenters. The van der Waals surface area contributed by atoms with Gasteiger partial charge in [0.25, 0.3) is 0 Å². The Labute approximate surface area is 89.8 Å². The standard InChI is InChI=1S/C10H19N3O2/c11-10(15)12-7-9(14)13-8-5-3-1-2-4-6-8/h8H,1-7H2,(H,13,14)(H3,11,12,15). The van der Waals surface area contributed by atoms with Gasteiger partial charge in [0, 0.05) is 6.04 Å². The summed E-state index contributed by atoms with van der Waals surface area (Å²) in [6, 6.07) is -0.388. The molecule has 0 spiro atoms. The van der Waals surface area contributed by atoms with E-state index in [-0.39, 0.29) is 18.5 Å². The molecule has 1 aliphatic carbocycles. The highest BCUT2D eigenvalue weighted by molar-refractivity contribution is 5.83. The number of hydrogen-bond acceptors (Lipinski definition) is 2. The predicted octanol–water partition coefficient (Wildman–Crippen LogP) is 0.494. The third kappa shape index (κ3) is 5.24. The number of hydrogen-bond donors (Lipinski definition) is 3. The molecule has 0 heterocycles. The molecule has 86 valence electrons. The molecule has 5 nitrogen and oxygen atoms in total. The van der Waals surface area contributed by atoms with E-state index in [1.54, 1.807) is 0 Å². The van der Waals surface area contributed by atoms with Crippen molar-refractivity contribution in [3.63, 3.8) is 0 Å². The van der Waals surface area contributed by atoms with Crippen molar-refractivity contribution >= 4 is 11.9 Å². The SMILES string of the molecule is NC(=O)NCC(=O)NC1CCCCCC1. The number of nitrogens with one attached hydrogen (secondary N) is 2. The maximum absolute atomic E-state index is 11.3.